The first kappa shape index (κ1) is 12.5. The Morgan fingerprint density at radius 3 is 2.67 bits per heavy atom. The van der Waals surface area contributed by atoms with Gasteiger partial charge in [-0.15, -0.1) is 0 Å². The highest BCUT2D eigenvalue weighted by molar-refractivity contribution is 5.73. The van der Waals surface area contributed by atoms with Gasteiger partial charge in [0.15, 0.2) is 0 Å². The molecule has 0 aliphatic carbocycles. The zero-order valence-electron chi connectivity index (χ0n) is 10.0. The molecule has 15 heavy (non-hydrogen) atoms. The molecule has 3 heteroatoms. The van der Waals surface area contributed by atoms with E-state index in [4.69, 9.17) is 4.74 Å². The van der Waals surface area contributed by atoms with Crippen LogP contribution in [-0.2, 0) is 9.53 Å². The molecule has 1 radical (unpaired) electrons. The van der Waals surface area contributed by atoms with E-state index in [1.54, 1.807) is 0 Å². The van der Waals surface area contributed by atoms with Crippen molar-refractivity contribution in [1.29, 1.82) is 0 Å². The molecule has 0 aromatic carbocycles. The van der Waals surface area contributed by atoms with Gasteiger partial charge >= 0.3 is 5.97 Å². The Bertz CT molecular complexity index is 214. The van der Waals surface area contributed by atoms with E-state index in [1.165, 1.54) is 0 Å². The van der Waals surface area contributed by atoms with Gasteiger partial charge in [0.2, 0.25) is 0 Å². The smallest absolute Gasteiger partial charge is 0.311 e. The largest absolute Gasteiger partial charge is 0.460 e. The summed E-state index contributed by atoms with van der Waals surface area (Å²) < 4.78 is 5.38. The minimum atomic E-state index is -0.400. The highest BCUT2D eigenvalue weighted by atomic mass is 16.6. The standard InChI is InChI=1S/C12H22NO2/c1-5-9(10-7-6-8-13-10)11(14)15-12(2,3)4/h9-10,13H,1,5-8H2,2-4H3. The molecule has 0 bridgehead atoms. The van der Waals surface area contributed by atoms with Gasteiger partial charge in [-0.2, -0.15) is 0 Å². The highest BCUT2D eigenvalue weighted by Crippen LogP contribution is 2.21. The third-order valence-electron chi connectivity index (χ3n) is 2.60. The van der Waals surface area contributed by atoms with E-state index in [2.05, 4.69) is 12.2 Å². The molecule has 1 aliphatic heterocycles. The van der Waals surface area contributed by atoms with E-state index in [1.807, 2.05) is 20.8 Å². The Kier molecular flexibility index (Phi) is 4.14. The second-order valence-corrected chi connectivity index (χ2v) is 5.13. The van der Waals surface area contributed by atoms with Gasteiger partial charge in [-0.25, -0.2) is 0 Å². The second-order valence-electron chi connectivity index (χ2n) is 5.13. The van der Waals surface area contributed by atoms with Crippen LogP contribution in [0.3, 0.4) is 0 Å². The maximum Gasteiger partial charge on any atom is 0.311 e. The lowest BCUT2D eigenvalue weighted by Crippen LogP contribution is -2.39. The van der Waals surface area contributed by atoms with Crippen LogP contribution in [0.1, 0.15) is 40.0 Å². The minimum Gasteiger partial charge on any atom is -0.460 e. The number of carbonyl (C=O) groups excluding carboxylic acids is 1. The molecule has 0 amide bonds. The molecule has 2 unspecified atom stereocenters. The highest BCUT2D eigenvalue weighted by Gasteiger charge is 2.32. The number of esters is 1. The van der Waals surface area contributed by atoms with Gasteiger partial charge < -0.3 is 10.1 Å². The fraction of sp³-hybridized carbons (Fsp3) is 0.833. The monoisotopic (exact) mass is 212 g/mol. The molecular weight excluding hydrogens is 190 g/mol. The van der Waals surface area contributed by atoms with Crippen molar-refractivity contribution in [1.82, 2.24) is 5.32 Å². The van der Waals surface area contributed by atoms with E-state index < -0.39 is 5.60 Å². The lowest BCUT2D eigenvalue weighted by Gasteiger charge is -2.26. The molecule has 0 saturated carbocycles. The van der Waals surface area contributed by atoms with Crippen LogP contribution >= 0.6 is 0 Å². The fourth-order valence-electron chi connectivity index (χ4n) is 1.92. The summed E-state index contributed by atoms with van der Waals surface area (Å²) in [5.74, 6) is -0.205. The minimum absolute atomic E-state index is 0.0910. The fourth-order valence-corrected chi connectivity index (χ4v) is 1.92. The van der Waals surface area contributed by atoms with E-state index in [0.29, 0.717) is 6.42 Å². The lowest BCUT2D eigenvalue weighted by atomic mass is 9.95. The first-order valence-electron chi connectivity index (χ1n) is 5.69. The number of hydrogen-bond acceptors (Lipinski definition) is 3. The van der Waals surface area contributed by atoms with Crippen molar-refractivity contribution in [2.45, 2.75) is 51.7 Å². The van der Waals surface area contributed by atoms with Crippen LogP contribution in [0.5, 0.6) is 0 Å². The molecular formula is C12H22NO2. The third kappa shape index (κ3) is 3.82. The summed E-state index contributed by atoms with van der Waals surface area (Å²) >= 11 is 0. The van der Waals surface area contributed by atoms with Crippen LogP contribution in [0.2, 0.25) is 0 Å². The van der Waals surface area contributed by atoms with Crippen molar-refractivity contribution in [3.05, 3.63) is 6.92 Å². The summed E-state index contributed by atoms with van der Waals surface area (Å²) in [6.07, 6.45) is 2.80. The van der Waals surface area contributed by atoms with Gasteiger partial charge in [-0.3, -0.25) is 4.79 Å². The van der Waals surface area contributed by atoms with Crippen molar-refractivity contribution in [2.75, 3.05) is 6.54 Å². The number of hydrogen-bond donors (Lipinski definition) is 1. The predicted octanol–water partition coefficient (Wildman–Crippen LogP) is 1.92. The molecule has 0 aromatic rings. The Morgan fingerprint density at radius 2 is 2.27 bits per heavy atom. The van der Waals surface area contributed by atoms with Crippen molar-refractivity contribution >= 4 is 5.97 Å². The average molecular weight is 212 g/mol. The molecule has 87 valence electrons. The second kappa shape index (κ2) is 4.97. The lowest BCUT2D eigenvalue weighted by molar-refractivity contribution is -0.160. The number of carbonyl (C=O) groups is 1. The van der Waals surface area contributed by atoms with Crippen molar-refractivity contribution in [3.63, 3.8) is 0 Å². The topological polar surface area (TPSA) is 38.3 Å². The van der Waals surface area contributed by atoms with Crippen LogP contribution in [0.4, 0.5) is 0 Å². The van der Waals surface area contributed by atoms with Crippen LogP contribution < -0.4 is 5.32 Å². The number of ether oxygens (including phenoxy) is 1. The molecule has 1 heterocycles. The van der Waals surface area contributed by atoms with Crippen LogP contribution in [0, 0.1) is 12.8 Å². The molecule has 0 spiro atoms. The maximum atomic E-state index is 11.9. The maximum absolute atomic E-state index is 11.9. The van der Waals surface area contributed by atoms with Crippen molar-refractivity contribution in [3.8, 4) is 0 Å². The van der Waals surface area contributed by atoms with E-state index in [0.717, 1.165) is 19.4 Å². The van der Waals surface area contributed by atoms with Gasteiger partial charge in [0, 0.05) is 6.04 Å². The predicted molar refractivity (Wildman–Crippen MR) is 60.3 cm³/mol. The Hall–Kier alpha value is -0.570. The van der Waals surface area contributed by atoms with Crippen LogP contribution in [0.25, 0.3) is 0 Å². The molecule has 2 atom stereocenters. The van der Waals surface area contributed by atoms with Gasteiger partial charge in [0.05, 0.1) is 5.92 Å². The number of nitrogens with one attached hydrogen (secondary N) is 1. The van der Waals surface area contributed by atoms with E-state index >= 15 is 0 Å². The zero-order valence-corrected chi connectivity index (χ0v) is 10.0. The van der Waals surface area contributed by atoms with Gasteiger partial charge in [-0.1, -0.05) is 6.92 Å². The summed E-state index contributed by atoms with van der Waals surface area (Å²) in [7, 11) is 0. The SMILES string of the molecule is [CH2]CC(C(=O)OC(C)(C)C)C1CCCN1. The van der Waals surface area contributed by atoms with E-state index in [-0.39, 0.29) is 17.9 Å². The Morgan fingerprint density at radius 1 is 1.60 bits per heavy atom. The summed E-state index contributed by atoms with van der Waals surface area (Å²) in [6, 6.07) is 0.261. The summed E-state index contributed by atoms with van der Waals surface area (Å²) in [4.78, 5) is 11.9. The molecule has 1 rings (SSSR count). The molecule has 1 N–H and O–H groups in total. The van der Waals surface area contributed by atoms with Crippen molar-refractivity contribution < 1.29 is 9.53 Å². The van der Waals surface area contributed by atoms with Gasteiger partial charge in [-0.05, 0) is 46.6 Å². The van der Waals surface area contributed by atoms with Crippen molar-refractivity contribution in [2.24, 2.45) is 5.92 Å². The normalized spacial score (nSPS) is 23.9. The average Bonchev–Trinajstić information content (AvgIpc) is 2.54. The summed E-state index contributed by atoms with van der Waals surface area (Å²) in [5, 5.41) is 3.33. The molecule has 1 aliphatic rings. The van der Waals surface area contributed by atoms with Crippen LogP contribution in [-0.4, -0.2) is 24.2 Å². The molecule has 1 fully saturated rings. The molecule has 1 saturated heterocycles. The molecule has 0 aromatic heterocycles. The van der Waals surface area contributed by atoms with Gasteiger partial charge in [0.25, 0.3) is 0 Å². The van der Waals surface area contributed by atoms with E-state index in [9.17, 15) is 4.79 Å². The third-order valence-corrected chi connectivity index (χ3v) is 2.60. The summed E-state index contributed by atoms with van der Waals surface area (Å²) in [5.41, 5.74) is -0.400. The Balaban J connectivity index is 2.53. The first-order chi connectivity index (χ1) is 6.94. The molecule has 3 nitrogen and oxygen atoms in total. The number of rotatable bonds is 3. The Labute approximate surface area is 92.6 Å². The first-order valence-corrected chi connectivity index (χ1v) is 5.69. The zero-order chi connectivity index (χ0) is 11.5. The summed E-state index contributed by atoms with van der Waals surface area (Å²) in [6.45, 7) is 10.5. The van der Waals surface area contributed by atoms with Gasteiger partial charge in [0.1, 0.15) is 5.60 Å². The quantitative estimate of drug-likeness (QED) is 0.726. The van der Waals surface area contributed by atoms with Crippen LogP contribution in [0.15, 0.2) is 0 Å².